The summed E-state index contributed by atoms with van der Waals surface area (Å²) in [6.45, 7) is 6.97. The Morgan fingerprint density at radius 3 is 2.50 bits per heavy atom. The third kappa shape index (κ3) is 1.75. The van der Waals surface area contributed by atoms with Crippen molar-refractivity contribution < 1.29 is 4.79 Å². The van der Waals surface area contributed by atoms with Gasteiger partial charge in [-0.05, 0) is 12.5 Å². The molecule has 84 valence electrons. The van der Waals surface area contributed by atoms with E-state index in [1.807, 2.05) is 24.3 Å². The summed E-state index contributed by atoms with van der Waals surface area (Å²) in [4.78, 5) is 13.9. The maximum Gasteiger partial charge on any atom is 0.258 e. The maximum absolute atomic E-state index is 12.1. The van der Waals surface area contributed by atoms with E-state index in [0.717, 1.165) is 36.2 Å². The number of nitrogens with zero attached hydrogens (tertiary/aromatic N) is 1. The topological polar surface area (TPSA) is 20.3 Å². The predicted octanol–water partition coefficient (Wildman–Crippen LogP) is 3.30. The molecule has 0 unspecified atom stereocenters. The van der Waals surface area contributed by atoms with Crippen molar-refractivity contribution in [2.24, 2.45) is 0 Å². The van der Waals surface area contributed by atoms with E-state index in [0.29, 0.717) is 0 Å². The van der Waals surface area contributed by atoms with Crippen LogP contribution in [0.5, 0.6) is 0 Å². The van der Waals surface area contributed by atoms with Gasteiger partial charge in [-0.15, -0.1) is 0 Å². The number of rotatable bonds is 4. The minimum Gasteiger partial charge on any atom is -0.308 e. The summed E-state index contributed by atoms with van der Waals surface area (Å²) in [7, 11) is 0. The smallest absolute Gasteiger partial charge is 0.258 e. The van der Waals surface area contributed by atoms with E-state index >= 15 is 0 Å². The Morgan fingerprint density at radius 1 is 1.19 bits per heavy atom. The van der Waals surface area contributed by atoms with Gasteiger partial charge in [0.2, 0.25) is 0 Å². The Morgan fingerprint density at radius 2 is 1.88 bits per heavy atom. The predicted molar refractivity (Wildman–Crippen MR) is 66.0 cm³/mol. The molecule has 0 spiro atoms. The average Bonchev–Trinajstić information content (AvgIpc) is 2.55. The lowest BCUT2D eigenvalue weighted by Crippen LogP contribution is -2.23. The summed E-state index contributed by atoms with van der Waals surface area (Å²) in [5, 5.41) is 0. The molecule has 0 radical (unpaired) electrons. The second-order valence-corrected chi connectivity index (χ2v) is 4.16. The van der Waals surface area contributed by atoms with E-state index in [-0.39, 0.29) is 5.91 Å². The van der Waals surface area contributed by atoms with Crippen molar-refractivity contribution in [3.63, 3.8) is 0 Å². The van der Waals surface area contributed by atoms with Gasteiger partial charge < -0.3 is 4.90 Å². The van der Waals surface area contributed by atoms with Crippen molar-refractivity contribution in [3.05, 3.63) is 42.0 Å². The average molecular weight is 215 g/mol. The van der Waals surface area contributed by atoms with Gasteiger partial charge in [0.25, 0.3) is 5.91 Å². The lowest BCUT2D eigenvalue weighted by Gasteiger charge is -2.16. The van der Waals surface area contributed by atoms with Crippen molar-refractivity contribution in [2.75, 3.05) is 6.54 Å². The van der Waals surface area contributed by atoms with Crippen LogP contribution < -0.4 is 0 Å². The number of hydrogen-bond acceptors (Lipinski definition) is 1. The minimum absolute atomic E-state index is 0.108. The lowest BCUT2D eigenvalue weighted by molar-refractivity contribution is 0.0849. The third-order valence-corrected chi connectivity index (χ3v) is 3.02. The zero-order chi connectivity index (χ0) is 11.5. The number of unbranched alkanes of at least 4 members (excludes halogenated alkanes) is 2. The van der Waals surface area contributed by atoms with E-state index in [1.54, 1.807) is 4.90 Å². The summed E-state index contributed by atoms with van der Waals surface area (Å²) in [6.07, 6.45) is 3.38. The van der Waals surface area contributed by atoms with E-state index in [4.69, 9.17) is 0 Å². The minimum atomic E-state index is 0.108. The summed E-state index contributed by atoms with van der Waals surface area (Å²) < 4.78 is 0. The normalized spacial score (nSPS) is 14.4. The highest BCUT2D eigenvalue weighted by Crippen LogP contribution is 2.31. The molecule has 16 heavy (non-hydrogen) atoms. The van der Waals surface area contributed by atoms with Crippen LogP contribution >= 0.6 is 0 Å². The second-order valence-electron chi connectivity index (χ2n) is 4.16. The SMILES string of the molecule is C=C1c2ccccc2C(=O)N1CCCCC. The lowest BCUT2D eigenvalue weighted by atomic mass is 10.1. The van der Waals surface area contributed by atoms with E-state index in [9.17, 15) is 4.79 Å². The maximum atomic E-state index is 12.1. The van der Waals surface area contributed by atoms with Crippen molar-refractivity contribution >= 4 is 11.6 Å². The number of fused-ring (bicyclic) bond motifs is 1. The monoisotopic (exact) mass is 215 g/mol. The molecule has 0 N–H and O–H groups in total. The molecule has 0 saturated heterocycles. The molecule has 0 atom stereocenters. The Kier molecular flexibility index (Phi) is 3.09. The fourth-order valence-corrected chi connectivity index (χ4v) is 2.09. The first-order chi connectivity index (χ1) is 7.75. The van der Waals surface area contributed by atoms with Gasteiger partial charge >= 0.3 is 0 Å². The molecule has 0 aromatic heterocycles. The summed E-state index contributed by atoms with van der Waals surface area (Å²) in [5.41, 5.74) is 2.64. The highest BCUT2D eigenvalue weighted by Gasteiger charge is 2.29. The number of carbonyl (C=O) groups is 1. The van der Waals surface area contributed by atoms with Crippen LogP contribution in [0.1, 0.15) is 42.1 Å². The van der Waals surface area contributed by atoms with Gasteiger partial charge in [-0.25, -0.2) is 0 Å². The molecule has 1 heterocycles. The van der Waals surface area contributed by atoms with Crippen LogP contribution in [0.2, 0.25) is 0 Å². The van der Waals surface area contributed by atoms with Crippen LogP contribution in [0.15, 0.2) is 30.8 Å². The van der Waals surface area contributed by atoms with Crippen LogP contribution in [0.25, 0.3) is 5.70 Å². The zero-order valence-electron chi connectivity index (χ0n) is 9.70. The molecule has 0 bridgehead atoms. The molecular formula is C14H17NO. The van der Waals surface area contributed by atoms with Gasteiger partial charge in [0.1, 0.15) is 0 Å². The molecule has 1 aromatic rings. The largest absolute Gasteiger partial charge is 0.308 e. The number of benzene rings is 1. The molecule has 2 heteroatoms. The summed E-state index contributed by atoms with van der Waals surface area (Å²) in [5.74, 6) is 0.108. The fourth-order valence-electron chi connectivity index (χ4n) is 2.09. The Labute approximate surface area is 96.6 Å². The zero-order valence-corrected chi connectivity index (χ0v) is 9.70. The summed E-state index contributed by atoms with van der Waals surface area (Å²) in [6, 6.07) is 7.70. The molecule has 1 aromatic carbocycles. The number of amides is 1. The molecule has 0 saturated carbocycles. The first kappa shape index (κ1) is 10.9. The standard InChI is InChI=1S/C14H17NO/c1-3-4-7-10-15-11(2)12-8-5-6-9-13(12)14(15)16/h5-6,8-9H,2-4,7,10H2,1H3. The van der Waals surface area contributed by atoms with Crippen LogP contribution in [0.3, 0.4) is 0 Å². The molecule has 1 amide bonds. The van der Waals surface area contributed by atoms with E-state index in [1.165, 1.54) is 6.42 Å². The van der Waals surface area contributed by atoms with Crippen molar-refractivity contribution in [1.82, 2.24) is 4.90 Å². The van der Waals surface area contributed by atoms with Crippen molar-refractivity contribution in [1.29, 1.82) is 0 Å². The third-order valence-electron chi connectivity index (χ3n) is 3.02. The molecule has 2 nitrogen and oxygen atoms in total. The number of hydrogen-bond donors (Lipinski definition) is 0. The molecule has 0 aliphatic carbocycles. The van der Waals surface area contributed by atoms with Gasteiger partial charge in [-0.3, -0.25) is 4.79 Å². The van der Waals surface area contributed by atoms with Crippen LogP contribution in [0, 0.1) is 0 Å². The fraction of sp³-hybridized carbons (Fsp3) is 0.357. The Bertz CT molecular complexity index is 387. The van der Waals surface area contributed by atoms with Crippen LogP contribution in [-0.4, -0.2) is 17.4 Å². The first-order valence-corrected chi connectivity index (χ1v) is 5.86. The highest BCUT2D eigenvalue weighted by atomic mass is 16.2. The van der Waals surface area contributed by atoms with Gasteiger partial charge in [-0.1, -0.05) is 44.5 Å². The number of carbonyl (C=O) groups excluding carboxylic acids is 1. The molecular weight excluding hydrogens is 198 g/mol. The first-order valence-electron chi connectivity index (χ1n) is 5.86. The van der Waals surface area contributed by atoms with E-state index < -0.39 is 0 Å². The van der Waals surface area contributed by atoms with Gasteiger partial charge in [0.05, 0.1) is 0 Å². The molecule has 0 fully saturated rings. The summed E-state index contributed by atoms with van der Waals surface area (Å²) >= 11 is 0. The van der Waals surface area contributed by atoms with Crippen LogP contribution in [0.4, 0.5) is 0 Å². The quantitative estimate of drug-likeness (QED) is 0.706. The second kappa shape index (κ2) is 4.52. The van der Waals surface area contributed by atoms with Gasteiger partial charge in [-0.2, -0.15) is 0 Å². The Balaban J connectivity index is 2.15. The van der Waals surface area contributed by atoms with Crippen molar-refractivity contribution in [3.8, 4) is 0 Å². The molecule has 1 aliphatic heterocycles. The van der Waals surface area contributed by atoms with E-state index in [2.05, 4.69) is 13.5 Å². The van der Waals surface area contributed by atoms with Crippen LogP contribution in [-0.2, 0) is 0 Å². The Hall–Kier alpha value is -1.57. The van der Waals surface area contributed by atoms with Gasteiger partial charge in [0, 0.05) is 23.4 Å². The van der Waals surface area contributed by atoms with Crippen molar-refractivity contribution in [2.45, 2.75) is 26.2 Å². The molecule has 2 rings (SSSR count). The molecule has 1 aliphatic rings. The van der Waals surface area contributed by atoms with Gasteiger partial charge in [0.15, 0.2) is 0 Å². The highest BCUT2D eigenvalue weighted by molar-refractivity contribution is 6.08.